The van der Waals surface area contributed by atoms with Crippen molar-refractivity contribution in [3.63, 3.8) is 0 Å². The van der Waals surface area contributed by atoms with Crippen LogP contribution in [0.5, 0.6) is 0 Å². The van der Waals surface area contributed by atoms with Crippen molar-refractivity contribution < 1.29 is 4.39 Å². The highest BCUT2D eigenvalue weighted by molar-refractivity contribution is 5.20. The Balaban J connectivity index is 1.60. The maximum Gasteiger partial charge on any atom is 0.123 e. The van der Waals surface area contributed by atoms with Crippen molar-refractivity contribution in [3.05, 3.63) is 35.6 Å². The lowest BCUT2D eigenvalue weighted by Crippen LogP contribution is -2.35. The van der Waals surface area contributed by atoms with Crippen LogP contribution in [0.1, 0.15) is 44.2 Å². The van der Waals surface area contributed by atoms with Gasteiger partial charge in [-0.25, -0.2) is 4.39 Å². The Morgan fingerprint density at radius 1 is 1.37 bits per heavy atom. The minimum absolute atomic E-state index is 0.135. The number of hydrogen-bond donors (Lipinski definition) is 1. The molecule has 1 saturated carbocycles. The molecule has 3 rings (SSSR count). The summed E-state index contributed by atoms with van der Waals surface area (Å²) in [7, 11) is 0. The lowest BCUT2D eigenvalue weighted by molar-refractivity contribution is 0.311. The van der Waals surface area contributed by atoms with Crippen molar-refractivity contribution in [1.29, 1.82) is 0 Å². The van der Waals surface area contributed by atoms with Gasteiger partial charge in [-0.2, -0.15) is 0 Å². The number of nitrogens with zero attached hydrogens (tertiary/aromatic N) is 1. The van der Waals surface area contributed by atoms with Gasteiger partial charge < -0.3 is 5.32 Å². The summed E-state index contributed by atoms with van der Waals surface area (Å²) in [5.41, 5.74) is 1.08. The molecule has 0 bridgehead atoms. The molecule has 1 saturated heterocycles. The average Bonchev–Trinajstić information content (AvgIpc) is 3.16. The molecule has 0 spiro atoms. The Morgan fingerprint density at radius 2 is 2.21 bits per heavy atom. The molecule has 1 N–H and O–H groups in total. The van der Waals surface area contributed by atoms with Crippen molar-refractivity contribution in [2.75, 3.05) is 13.1 Å². The van der Waals surface area contributed by atoms with E-state index in [-0.39, 0.29) is 11.9 Å². The number of nitrogens with one attached hydrogen (secondary N) is 1. The quantitative estimate of drug-likeness (QED) is 0.877. The van der Waals surface area contributed by atoms with E-state index in [1.54, 1.807) is 12.1 Å². The highest BCUT2D eigenvalue weighted by Gasteiger charge is 2.34. The highest BCUT2D eigenvalue weighted by atomic mass is 19.1. The minimum Gasteiger partial charge on any atom is -0.306 e. The monoisotopic (exact) mass is 262 g/mol. The third-order valence-corrected chi connectivity index (χ3v) is 4.38. The van der Waals surface area contributed by atoms with Crippen LogP contribution in [-0.2, 0) is 0 Å². The summed E-state index contributed by atoms with van der Waals surface area (Å²) in [5.74, 6) is -0.135. The van der Waals surface area contributed by atoms with Crippen LogP contribution < -0.4 is 5.32 Å². The Hall–Kier alpha value is -0.930. The molecular weight excluding hydrogens is 239 g/mol. The summed E-state index contributed by atoms with van der Waals surface area (Å²) in [6, 6.07) is 8.71. The van der Waals surface area contributed by atoms with E-state index in [2.05, 4.69) is 17.1 Å². The summed E-state index contributed by atoms with van der Waals surface area (Å²) in [4.78, 5) is 2.61. The second kappa shape index (κ2) is 5.59. The van der Waals surface area contributed by atoms with Crippen molar-refractivity contribution in [1.82, 2.24) is 10.2 Å². The lowest BCUT2D eigenvalue weighted by atomic mass is 10.0. The molecule has 1 heterocycles. The summed E-state index contributed by atoms with van der Waals surface area (Å²) in [6.45, 7) is 4.55. The molecule has 2 atom stereocenters. The fourth-order valence-electron chi connectivity index (χ4n) is 3.15. The maximum absolute atomic E-state index is 13.3. The van der Waals surface area contributed by atoms with Crippen LogP contribution in [0, 0.1) is 5.82 Å². The van der Waals surface area contributed by atoms with E-state index in [1.807, 2.05) is 6.07 Å². The Morgan fingerprint density at radius 3 is 2.89 bits per heavy atom. The molecule has 104 valence electrons. The number of likely N-dealkylation sites (tertiary alicyclic amines) is 1. The van der Waals surface area contributed by atoms with E-state index in [0.717, 1.165) is 24.6 Å². The first-order valence-electron chi connectivity index (χ1n) is 7.52. The van der Waals surface area contributed by atoms with Crippen molar-refractivity contribution in [3.8, 4) is 0 Å². The first kappa shape index (κ1) is 13.1. The fourth-order valence-corrected chi connectivity index (χ4v) is 3.15. The number of halogens is 1. The topological polar surface area (TPSA) is 15.3 Å². The Kier molecular flexibility index (Phi) is 3.85. The molecule has 2 fully saturated rings. The first-order chi connectivity index (χ1) is 9.26. The zero-order valence-corrected chi connectivity index (χ0v) is 11.6. The molecule has 0 radical (unpaired) electrons. The van der Waals surface area contributed by atoms with Crippen LogP contribution in [0.15, 0.2) is 24.3 Å². The molecule has 1 aromatic rings. The van der Waals surface area contributed by atoms with E-state index in [1.165, 1.54) is 31.9 Å². The van der Waals surface area contributed by atoms with Crippen LogP contribution in [-0.4, -0.2) is 30.1 Å². The van der Waals surface area contributed by atoms with E-state index in [0.29, 0.717) is 6.04 Å². The zero-order chi connectivity index (χ0) is 13.2. The molecule has 2 unspecified atom stereocenters. The summed E-state index contributed by atoms with van der Waals surface area (Å²) < 4.78 is 13.3. The Bertz CT molecular complexity index is 431. The molecular formula is C16H23FN2. The van der Waals surface area contributed by atoms with Gasteiger partial charge in [-0.3, -0.25) is 4.90 Å². The SMILES string of the molecule is CCC(NC1CCN(C2CC2)C1)c1cccc(F)c1. The minimum atomic E-state index is -0.135. The standard InChI is InChI=1S/C16H23FN2/c1-2-16(12-4-3-5-13(17)10-12)18-14-8-9-19(11-14)15-6-7-15/h3-5,10,14-16,18H,2,6-9,11H2,1H3. The van der Waals surface area contributed by atoms with Crippen LogP contribution in [0.4, 0.5) is 4.39 Å². The fraction of sp³-hybridized carbons (Fsp3) is 0.625. The molecule has 19 heavy (non-hydrogen) atoms. The van der Waals surface area contributed by atoms with E-state index in [9.17, 15) is 4.39 Å². The van der Waals surface area contributed by atoms with Gasteiger partial charge in [0.1, 0.15) is 5.82 Å². The van der Waals surface area contributed by atoms with Crippen LogP contribution in [0.3, 0.4) is 0 Å². The average molecular weight is 262 g/mol. The van der Waals surface area contributed by atoms with Gasteiger partial charge in [0.15, 0.2) is 0 Å². The predicted octanol–water partition coefficient (Wildman–Crippen LogP) is 3.10. The zero-order valence-electron chi connectivity index (χ0n) is 11.6. The van der Waals surface area contributed by atoms with E-state index >= 15 is 0 Å². The Labute approximate surface area is 115 Å². The third kappa shape index (κ3) is 3.15. The van der Waals surface area contributed by atoms with Gasteiger partial charge in [-0.15, -0.1) is 0 Å². The van der Waals surface area contributed by atoms with E-state index in [4.69, 9.17) is 0 Å². The van der Waals surface area contributed by atoms with Crippen molar-refractivity contribution in [2.45, 2.75) is 50.7 Å². The normalized spacial score (nSPS) is 25.7. The largest absolute Gasteiger partial charge is 0.306 e. The van der Waals surface area contributed by atoms with Crippen molar-refractivity contribution >= 4 is 0 Å². The molecule has 2 aliphatic rings. The maximum atomic E-state index is 13.3. The second-order valence-corrected chi connectivity index (χ2v) is 5.89. The van der Waals surface area contributed by atoms with Gasteiger partial charge in [0.2, 0.25) is 0 Å². The van der Waals surface area contributed by atoms with Gasteiger partial charge in [0.25, 0.3) is 0 Å². The molecule has 0 aromatic heterocycles. The molecule has 1 aliphatic heterocycles. The molecule has 3 heteroatoms. The number of benzene rings is 1. The summed E-state index contributed by atoms with van der Waals surface area (Å²) in [6.07, 6.45) is 4.99. The van der Waals surface area contributed by atoms with Gasteiger partial charge in [-0.05, 0) is 43.4 Å². The molecule has 1 aliphatic carbocycles. The predicted molar refractivity (Wildman–Crippen MR) is 75.6 cm³/mol. The lowest BCUT2D eigenvalue weighted by Gasteiger charge is -2.23. The van der Waals surface area contributed by atoms with Gasteiger partial charge in [0.05, 0.1) is 0 Å². The van der Waals surface area contributed by atoms with Crippen LogP contribution in [0.25, 0.3) is 0 Å². The van der Waals surface area contributed by atoms with E-state index < -0.39 is 0 Å². The van der Waals surface area contributed by atoms with Gasteiger partial charge in [-0.1, -0.05) is 19.1 Å². The van der Waals surface area contributed by atoms with Crippen molar-refractivity contribution in [2.24, 2.45) is 0 Å². The summed E-state index contributed by atoms with van der Waals surface area (Å²) in [5, 5.41) is 3.71. The number of rotatable bonds is 5. The van der Waals surface area contributed by atoms with Gasteiger partial charge >= 0.3 is 0 Å². The molecule has 0 amide bonds. The molecule has 2 nitrogen and oxygen atoms in total. The number of hydrogen-bond acceptors (Lipinski definition) is 2. The third-order valence-electron chi connectivity index (χ3n) is 4.38. The van der Waals surface area contributed by atoms with Crippen LogP contribution in [0.2, 0.25) is 0 Å². The second-order valence-electron chi connectivity index (χ2n) is 5.89. The summed E-state index contributed by atoms with van der Waals surface area (Å²) >= 11 is 0. The molecule has 1 aromatic carbocycles. The van der Waals surface area contributed by atoms with Crippen LogP contribution >= 0.6 is 0 Å². The van der Waals surface area contributed by atoms with Gasteiger partial charge in [0, 0.05) is 31.2 Å². The highest BCUT2D eigenvalue weighted by Crippen LogP contribution is 2.30. The first-order valence-corrected chi connectivity index (χ1v) is 7.52. The smallest absolute Gasteiger partial charge is 0.123 e.